The normalized spacial score (nSPS) is 10.0. The number of carbonyl (C=O) groups is 4. The second kappa shape index (κ2) is 27.0. The minimum absolute atomic E-state index is 0. The van der Waals surface area contributed by atoms with Crippen molar-refractivity contribution in [2.45, 2.75) is 116 Å². The molecule has 0 fully saturated rings. The lowest BCUT2D eigenvalue weighted by molar-refractivity contribution is -0.307. The van der Waals surface area contributed by atoms with E-state index in [2.05, 4.69) is 0 Å². The summed E-state index contributed by atoms with van der Waals surface area (Å²) >= 11 is 0. The Morgan fingerprint density at radius 3 is 1.00 bits per heavy atom. The van der Waals surface area contributed by atoms with Crippen LogP contribution in [0.4, 0.5) is 0 Å². The molecule has 10 heteroatoms. The molecule has 0 saturated heterocycles. The van der Waals surface area contributed by atoms with E-state index in [0.29, 0.717) is 38.9 Å². The predicted molar refractivity (Wildman–Crippen MR) is 125 cm³/mol. The maximum absolute atomic E-state index is 11.6. The van der Waals surface area contributed by atoms with Gasteiger partial charge in [0.15, 0.2) is 0 Å². The average molecular weight is 491 g/mol. The number of hydrogen-bond acceptors (Lipinski definition) is 10. The van der Waals surface area contributed by atoms with E-state index in [-0.39, 0.29) is 37.1 Å². The van der Waals surface area contributed by atoms with Crippen LogP contribution in [0.1, 0.15) is 116 Å². The fourth-order valence-corrected chi connectivity index (χ4v) is 3.21. The second-order valence-corrected chi connectivity index (χ2v) is 8.13. The summed E-state index contributed by atoms with van der Waals surface area (Å²) in [7, 11) is 0. The van der Waals surface area contributed by atoms with E-state index < -0.39 is 11.9 Å². The van der Waals surface area contributed by atoms with Gasteiger partial charge in [-0.15, -0.1) is 0 Å². The molecule has 0 bridgehead atoms. The van der Waals surface area contributed by atoms with E-state index in [1.807, 2.05) is 0 Å². The van der Waals surface area contributed by atoms with Crippen molar-refractivity contribution in [2.75, 3.05) is 13.2 Å². The van der Waals surface area contributed by atoms with Crippen molar-refractivity contribution in [2.24, 2.45) is 0 Å². The average Bonchev–Trinajstić information content (AvgIpc) is 2.73. The maximum Gasteiger partial charge on any atom is 0.305 e. The van der Waals surface area contributed by atoms with Crippen molar-refractivity contribution in [1.29, 1.82) is 0 Å². The number of ether oxygens (including phenoxy) is 2. The zero-order valence-corrected chi connectivity index (χ0v) is 20.8. The van der Waals surface area contributed by atoms with Gasteiger partial charge in [0, 0.05) is 24.8 Å². The fraction of sp³-hybridized carbons (Fsp3) is 0.833. The minimum Gasteiger partial charge on any atom is -0.550 e. The lowest BCUT2D eigenvalue weighted by Crippen LogP contribution is -2.21. The smallest absolute Gasteiger partial charge is 0.305 e. The van der Waals surface area contributed by atoms with E-state index in [1.165, 1.54) is 0 Å². The van der Waals surface area contributed by atoms with Crippen LogP contribution in [0.3, 0.4) is 0 Å². The van der Waals surface area contributed by atoms with Crippen LogP contribution in [0.25, 0.3) is 0 Å². The molecule has 0 spiro atoms. The van der Waals surface area contributed by atoms with E-state index in [0.717, 1.165) is 77.0 Å². The number of carboxylic acid groups (broad SMARTS) is 2. The molecule has 0 unspecified atom stereocenters. The first kappa shape index (κ1) is 36.4. The van der Waals surface area contributed by atoms with Gasteiger partial charge < -0.3 is 41.6 Å². The van der Waals surface area contributed by atoms with Crippen molar-refractivity contribution < 1.29 is 38.9 Å². The minimum atomic E-state index is -1.01. The highest BCUT2D eigenvalue weighted by molar-refractivity contribution is 5.69. The molecule has 0 amide bonds. The molecule has 0 aliphatic heterocycles. The van der Waals surface area contributed by atoms with Gasteiger partial charge in [0.1, 0.15) is 0 Å². The third kappa shape index (κ3) is 29.8. The van der Waals surface area contributed by atoms with Gasteiger partial charge in [0.2, 0.25) is 0 Å². The van der Waals surface area contributed by atoms with Crippen LogP contribution in [0.15, 0.2) is 0 Å². The molecule has 0 radical (unpaired) electrons. The largest absolute Gasteiger partial charge is 0.550 e. The zero-order valence-electron chi connectivity index (χ0n) is 20.8. The highest BCUT2D eigenvalue weighted by atomic mass is 16.5. The van der Waals surface area contributed by atoms with Crippen LogP contribution in [-0.4, -0.2) is 37.1 Å². The Balaban J connectivity index is -0.00000480. The first-order valence-corrected chi connectivity index (χ1v) is 12.1. The summed E-state index contributed by atoms with van der Waals surface area (Å²) in [5.41, 5.74) is 0. The molecule has 0 rings (SSSR count). The molecular formula is C24H46N2O8-2. The third-order valence-electron chi connectivity index (χ3n) is 5.09. The quantitative estimate of drug-likeness (QED) is 0.158. The van der Waals surface area contributed by atoms with Crippen LogP contribution in [-0.2, 0) is 28.7 Å². The number of esters is 2. The van der Waals surface area contributed by atoms with Crippen molar-refractivity contribution in [3.05, 3.63) is 0 Å². The predicted octanol–water partition coefficient (Wildman–Crippen LogP) is 2.92. The Kier molecular flexibility index (Phi) is 28.9. The highest BCUT2D eigenvalue weighted by Gasteiger charge is 2.04. The van der Waals surface area contributed by atoms with E-state index in [1.54, 1.807) is 0 Å². The van der Waals surface area contributed by atoms with Crippen molar-refractivity contribution in [1.82, 2.24) is 12.3 Å². The summed E-state index contributed by atoms with van der Waals surface area (Å²) in [6.45, 7) is 0.820. The SMILES string of the molecule is N.N.O=C([O-])CCCCCCCC(=O)OCCCCCCOC(=O)CCCCCCCC(=O)[O-]. The zero-order chi connectivity index (χ0) is 23.9. The van der Waals surface area contributed by atoms with E-state index in [9.17, 15) is 29.4 Å². The summed E-state index contributed by atoms with van der Waals surface area (Å²) in [6.07, 6.45) is 12.5. The van der Waals surface area contributed by atoms with Crippen molar-refractivity contribution in [3.63, 3.8) is 0 Å². The molecule has 0 aliphatic carbocycles. The van der Waals surface area contributed by atoms with E-state index in [4.69, 9.17) is 9.47 Å². The molecule has 0 aromatic carbocycles. The molecule has 10 nitrogen and oxygen atoms in total. The van der Waals surface area contributed by atoms with Crippen LogP contribution in [0.5, 0.6) is 0 Å². The molecule has 202 valence electrons. The Labute approximate surface area is 204 Å². The fourth-order valence-electron chi connectivity index (χ4n) is 3.21. The lowest BCUT2D eigenvalue weighted by Gasteiger charge is -2.06. The van der Waals surface area contributed by atoms with Crippen LogP contribution < -0.4 is 22.5 Å². The Morgan fingerprint density at radius 2 is 0.676 bits per heavy atom. The molecule has 6 N–H and O–H groups in total. The topological polar surface area (TPSA) is 203 Å². The second-order valence-electron chi connectivity index (χ2n) is 8.13. The molecule has 0 atom stereocenters. The monoisotopic (exact) mass is 490 g/mol. The number of carboxylic acids is 2. The van der Waals surface area contributed by atoms with Crippen LogP contribution in [0, 0.1) is 0 Å². The first-order valence-electron chi connectivity index (χ1n) is 12.1. The van der Waals surface area contributed by atoms with Crippen LogP contribution >= 0.6 is 0 Å². The van der Waals surface area contributed by atoms with Crippen LogP contribution in [0.2, 0.25) is 0 Å². The molecule has 0 aromatic rings. The summed E-state index contributed by atoms with van der Waals surface area (Å²) in [4.78, 5) is 43.8. The highest BCUT2D eigenvalue weighted by Crippen LogP contribution is 2.09. The third-order valence-corrected chi connectivity index (χ3v) is 5.09. The van der Waals surface area contributed by atoms with Gasteiger partial charge >= 0.3 is 11.9 Å². The number of hydrogen-bond donors (Lipinski definition) is 2. The van der Waals surface area contributed by atoms with Gasteiger partial charge in [-0.25, -0.2) is 0 Å². The van der Waals surface area contributed by atoms with Gasteiger partial charge in [-0.05, 0) is 64.2 Å². The molecule has 0 aromatic heterocycles. The molecule has 0 aliphatic rings. The summed E-state index contributed by atoms with van der Waals surface area (Å²) in [5, 5.41) is 20.6. The van der Waals surface area contributed by atoms with Gasteiger partial charge in [-0.3, -0.25) is 9.59 Å². The molecule has 0 heterocycles. The molecule has 0 saturated carbocycles. The summed E-state index contributed by atoms with van der Waals surface area (Å²) in [5.74, 6) is -2.40. The first-order chi connectivity index (χ1) is 15.4. The van der Waals surface area contributed by atoms with Gasteiger partial charge in [-0.2, -0.15) is 0 Å². The Morgan fingerprint density at radius 1 is 0.412 bits per heavy atom. The number of rotatable bonds is 23. The molecule has 34 heavy (non-hydrogen) atoms. The maximum atomic E-state index is 11.6. The summed E-state index contributed by atoms with van der Waals surface area (Å²) in [6, 6.07) is 0. The van der Waals surface area contributed by atoms with Gasteiger partial charge in [0.05, 0.1) is 13.2 Å². The molecular weight excluding hydrogens is 444 g/mol. The van der Waals surface area contributed by atoms with Gasteiger partial charge in [-0.1, -0.05) is 38.5 Å². The Bertz CT molecular complexity index is 483. The number of unbranched alkanes of at least 4 members (excludes halogenated alkanes) is 11. The lowest BCUT2D eigenvalue weighted by atomic mass is 10.1. The standard InChI is InChI=1S/C24H42O8.2H3N/c25-21(26)15-9-3-1-5-11-17-23(29)31-19-13-7-8-14-20-32-24(30)18-12-6-2-4-10-16-22(27)28;;/h1-20H2,(H,25,26)(H,27,28);2*1H3/p-2. The Hall–Kier alpha value is -2.20. The van der Waals surface area contributed by atoms with Crippen molar-refractivity contribution >= 4 is 23.9 Å². The van der Waals surface area contributed by atoms with E-state index >= 15 is 0 Å². The van der Waals surface area contributed by atoms with Crippen molar-refractivity contribution in [3.8, 4) is 0 Å². The summed E-state index contributed by atoms with van der Waals surface area (Å²) < 4.78 is 10.4. The van der Waals surface area contributed by atoms with Gasteiger partial charge in [0.25, 0.3) is 0 Å². The number of aliphatic carboxylic acids is 2. The number of carbonyl (C=O) groups excluding carboxylic acids is 4.